The van der Waals surface area contributed by atoms with Gasteiger partial charge in [0, 0.05) is 55.2 Å². The fourth-order valence-electron chi connectivity index (χ4n) is 11.9. The van der Waals surface area contributed by atoms with Crippen LogP contribution in [0, 0.1) is 0 Å². The van der Waals surface area contributed by atoms with Gasteiger partial charge in [-0.2, -0.15) is 0 Å². The molecule has 0 bridgehead atoms. The number of rotatable bonds is 4. The van der Waals surface area contributed by atoms with Crippen LogP contribution >= 0.6 is 0 Å². The average Bonchev–Trinajstić information content (AvgIpc) is 3.92. The second-order valence-electron chi connectivity index (χ2n) is 21.3. The minimum absolute atomic E-state index is 0.0276. The summed E-state index contributed by atoms with van der Waals surface area (Å²) in [7, 11) is 0. The van der Waals surface area contributed by atoms with Crippen LogP contribution in [0.2, 0.25) is 0 Å². The summed E-state index contributed by atoms with van der Waals surface area (Å²) in [6.07, 6.45) is 0. The molecular formula is C64H50BN3O. The number of hydrogen-bond donors (Lipinski definition) is 0. The van der Waals surface area contributed by atoms with E-state index in [0.29, 0.717) is 0 Å². The van der Waals surface area contributed by atoms with Gasteiger partial charge in [-0.15, -0.1) is 0 Å². The molecule has 0 atom stereocenters. The summed E-state index contributed by atoms with van der Waals surface area (Å²) in [4.78, 5) is 5.06. The Morgan fingerprint density at radius 1 is 0.464 bits per heavy atom. The van der Waals surface area contributed by atoms with Gasteiger partial charge < -0.3 is 18.7 Å². The summed E-state index contributed by atoms with van der Waals surface area (Å²) in [6, 6.07) is 72.7. The topological polar surface area (TPSA) is 24.6 Å². The van der Waals surface area contributed by atoms with Crippen LogP contribution in [0.5, 0.6) is 0 Å². The smallest absolute Gasteiger partial charge is 0.333 e. The summed E-state index contributed by atoms with van der Waals surface area (Å²) < 4.78 is 9.63. The monoisotopic (exact) mass is 887 g/mol. The van der Waals surface area contributed by atoms with E-state index in [-0.39, 0.29) is 17.7 Å². The highest BCUT2D eigenvalue weighted by molar-refractivity contribution is 6.94. The number of hydrogen-bond acceptors (Lipinski definition) is 3. The summed E-state index contributed by atoms with van der Waals surface area (Å²) in [5, 5.41) is 9.78. The van der Waals surface area contributed by atoms with E-state index in [1.54, 1.807) is 0 Å². The molecule has 2 aliphatic rings. The molecule has 0 aliphatic carbocycles. The minimum Gasteiger partial charge on any atom is -0.454 e. The van der Waals surface area contributed by atoms with Crippen molar-refractivity contribution in [2.24, 2.45) is 0 Å². The maximum absolute atomic E-state index is 7.03. The van der Waals surface area contributed by atoms with E-state index < -0.39 is 0 Å². The second-order valence-corrected chi connectivity index (χ2v) is 21.3. The van der Waals surface area contributed by atoms with Gasteiger partial charge in [-0.25, -0.2) is 0 Å². The van der Waals surface area contributed by atoms with Crippen molar-refractivity contribution in [2.75, 3.05) is 9.71 Å². The van der Waals surface area contributed by atoms with Gasteiger partial charge in [-0.1, -0.05) is 175 Å². The van der Waals surface area contributed by atoms with Crippen LogP contribution in [0.4, 0.5) is 28.4 Å². The fraction of sp³-hybridized carbons (Fsp3) is 0.125. The van der Waals surface area contributed by atoms with E-state index in [1.807, 2.05) is 0 Å². The van der Waals surface area contributed by atoms with Crippen LogP contribution in [-0.2, 0) is 10.8 Å². The summed E-state index contributed by atoms with van der Waals surface area (Å²) >= 11 is 0. The van der Waals surface area contributed by atoms with Crippen LogP contribution in [0.3, 0.4) is 0 Å². The number of benzene rings is 10. The molecular weight excluding hydrogens is 838 g/mol. The Labute approximate surface area is 402 Å². The van der Waals surface area contributed by atoms with Gasteiger partial charge in [0.1, 0.15) is 5.58 Å². The van der Waals surface area contributed by atoms with Crippen molar-refractivity contribution in [2.45, 2.75) is 52.4 Å². The van der Waals surface area contributed by atoms with Crippen LogP contribution < -0.4 is 20.6 Å². The zero-order valence-electron chi connectivity index (χ0n) is 39.8. The largest absolute Gasteiger partial charge is 0.454 e. The van der Waals surface area contributed by atoms with Crippen molar-refractivity contribution in [1.82, 2.24) is 4.57 Å². The molecule has 0 amide bonds. The Balaban J connectivity index is 1.11. The van der Waals surface area contributed by atoms with Gasteiger partial charge >= 0.3 is 6.85 Å². The van der Waals surface area contributed by atoms with Crippen molar-refractivity contribution in [3.8, 4) is 16.8 Å². The van der Waals surface area contributed by atoms with E-state index in [0.717, 1.165) is 50.4 Å². The quantitative estimate of drug-likeness (QED) is 0.165. The van der Waals surface area contributed by atoms with Gasteiger partial charge in [-0.05, 0) is 115 Å². The Kier molecular flexibility index (Phi) is 8.28. The molecule has 14 rings (SSSR count). The molecule has 0 unspecified atom stereocenters. The lowest BCUT2D eigenvalue weighted by molar-refractivity contribution is 0.590. The Bertz CT molecular complexity index is 4050. The highest BCUT2D eigenvalue weighted by Gasteiger charge is 2.45. The Morgan fingerprint density at radius 2 is 1.07 bits per heavy atom. The minimum atomic E-state index is -0.196. The molecule has 330 valence electrons. The lowest BCUT2D eigenvalue weighted by Crippen LogP contribution is -2.60. The normalized spacial score (nSPS) is 13.3. The van der Waals surface area contributed by atoms with Crippen molar-refractivity contribution in [1.29, 1.82) is 0 Å². The first kappa shape index (κ1) is 40.1. The molecule has 4 nitrogen and oxygen atoms in total. The average molecular weight is 888 g/mol. The molecule has 2 aliphatic heterocycles. The van der Waals surface area contributed by atoms with E-state index >= 15 is 0 Å². The first-order chi connectivity index (χ1) is 33.5. The molecule has 0 radical (unpaired) electrons. The SMILES string of the molecule is CC(C)(C)c1ccc(N(c2ccc(C(C)(C)C)cc2)c2ccc3c(c2)N(c2cccc4c2oc2ccccc24)B2c4c-3cc3ccccc3c4-n3c4ccc5ccccc5c4c4cccc2c43)cc1. The van der Waals surface area contributed by atoms with Crippen molar-refractivity contribution in [3.63, 3.8) is 0 Å². The van der Waals surface area contributed by atoms with E-state index in [4.69, 9.17) is 4.42 Å². The van der Waals surface area contributed by atoms with Crippen molar-refractivity contribution >= 4 is 111 Å². The summed E-state index contributed by atoms with van der Waals surface area (Å²) in [6.45, 7) is 13.5. The van der Waals surface area contributed by atoms with Gasteiger partial charge in [0.15, 0.2) is 5.58 Å². The van der Waals surface area contributed by atoms with Gasteiger partial charge in [-0.3, -0.25) is 0 Å². The molecule has 0 N–H and O–H groups in total. The van der Waals surface area contributed by atoms with E-state index in [1.165, 1.54) is 82.2 Å². The summed E-state index contributed by atoms with van der Waals surface area (Å²) in [5.41, 5.74) is 18.7. The van der Waals surface area contributed by atoms with Crippen molar-refractivity contribution < 1.29 is 4.42 Å². The zero-order valence-corrected chi connectivity index (χ0v) is 39.8. The van der Waals surface area contributed by atoms with Crippen LogP contribution in [0.25, 0.3) is 82.1 Å². The first-order valence-corrected chi connectivity index (χ1v) is 24.4. The summed E-state index contributed by atoms with van der Waals surface area (Å²) in [5.74, 6) is 0. The van der Waals surface area contributed by atoms with Crippen LogP contribution in [-0.4, -0.2) is 11.4 Å². The zero-order chi connectivity index (χ0) is 46.5. The predicted molar refractivity (Wildman–Crippen MR) is 294 cm³/mol. The third-order valence-corrected chi connectivity index (χ3v) is 15.2. The Morgan fingerprint density at radius 3 is 1.80 bits per heavy atom. The molecule has 4 heterocycles. The number of aromatic nitrogens is 1. The second kappa shape index (κ2) is 14.3. The molecule has 10 aromatic carbocycles. The van der Waals surface area contributed by atoms with E-state index in [2.05, 4.69) is 250 Å². The molecule has 0 saturated carbocycles. The lowest BCUT2D eigenvalue weighted by Gasteiger charge is -2.43. The van der Waals surface area contributed by atoms with E-state index in [9.17, 15) is 0 Å². The van der Waals surface area contributed by atoms with Gasteiger partial charge in [0.2, 0.25) is 0 Å². The van der Waals surface area contributed by atoms with Gasteiger partial charge in [0.05, 0.1) is 22.4 Å². The third kappa shape index (κ3) is 5.77. The molecule has 0 fully saturated rings. The maximum atomic E-state index is 7.03. The standard InChI is InChI=1S/C64H50BN3O/c1-63(2,3)41-26-30-43(31-27-41)66(44-32-28-42(29-33-44)64(4,5)6)45-34-35-48-52-37-40-16-8-10-18-47(40)61-59(52)65(68(56(48)38-45)55-23-14-20-50-49-19-11-12-24-57(49)69-62(50)55)53-22-13-21-51-58-46-17-9-7-15-39(46)25-36-54(58)67(61)60(51)53/h7-38H,1-6H3. The molecule has 0 saturated heterocycles. The predicted octanol–water partition coefficient (Wildman–Crippen LogP) is 16.3. The first-order valence-electron chi connectivity index (χ1n) is 24.4. The molecule has 2 aromatic heterocycles. The molecule has 5 heteroatoms. The number of para-hydroxylation sites is 3. The third-order valence-electron chi connectivity index (χ3n) is 15.2. The van der Waals surface area contributed by atoms with Crippen LogP contribution in [0.1, 0.15) is 52.7 Å². The van der Waals surface area contributed by atoms with Crippen molar-refractivity contribution in [3.05, 3.63) is 205 Å². The number of nitrogens with zero attached hydrogens (tertiary/aromatic N) is 3. The molecule has 12 aromatic rings. The number of fused-ring (bicyclic) bond motifs is 14. The number of anilines is 5. The lowest BCUT2D eigenvalue weighted by atomic mass is 9.43. The van der Waals surface area contributed by atoms with Crippen LogP contribution in [0.15, 0.2) is 199 Å². The highest BCUT2D eigenvalue weighted by atomic mass is 16.3. The fourth-order valence-corrected chi connectivity index (χ4v) is 11.9. The highest BCUT2D eigenvalue weighted by Crippen LogP contribution is 2.51. The van der Waals surface area contributed by atoms with Gasteiger partial charge in [0.25, 0.3) is 0 Å². The number of furan rings is 1. The maximum Gasteiger partial charge on any atom is 0.333 e. The Hall–Kier alpha value is -8.02. The molecule has 69 heavy (non-hydrogen) atoms. The molecule has 0 spiro atoms.